The lowest BCUT2D eigenvalue weighted by molar-refractivity contribution is -0.0521. The van der Waals surface area contributed by atoms with Crippen LogP contribution >= 0.6 is 0 Å². The summed E-state index contributed by atoms with van der Waals surface area (Å²) in [6.45, 7) is 1.21. The van der Waals surface area contributed by atoms with E-state index in [0.29, 0.717) is 13.1 Å². The first-order chi connectivity index (χ1) is 18.8. The lowest BCUT2D eigenvalue weighted by atomic mass is 9.80. The first-order valence-electron chi connectivity index (χ1n) is 13.0. The van der Waals surface area contributed by atoms with Gasteiger partial charge in [-0.2, -0.15) is 0 Å². The van der Waals surface area contributed by atoms with E-state index < -0.39 is 11.7 Å². The number of fused-ring (bicyclic) bond motifs is 1. The van der Waals surface area contributed by atoms with Crippen molar-refractivity contribution in [2.24, 2.45) is 0 Å². The van der Waals surface area contributed by atoms with Crippen LogP contribution in [0.5, 0.6) is 0 Å². The van der Waals surface area contributed by atoms with Crippen molar-refractivity contribution in [3.63, 3.8) is 0 Å². The maximum absolute atomic E-state index is 11.4. The SMILES string of the molecule is O[C@H](COC(c1ccccc1)(c1ccccc1)c1ccccc1)[C@H]1Cn2nnc(-c3ccccc3)c2CN1. The highest BCUT2D eigenvalue weighted by Crippen LogP contribution is 2.40. The second-order valence-corrected chi connectivity index (χ2v) is 9.58. The van der Waals surface area contributed by atoms with Crippen LogP contribution in [0.3, 0.4) is 0 Å². The molecular weight excluding hydrogens is 472 g/mol. The molecule has 0 fully saturated rings. The lowest BCUT2D eigenvalue weighted by Crippen LogP contribution is -2.49. The van der Waals surface area contributed by atoms with E-state index in [1.165, 1.54) is 0 Å². The molecule has 6 rings (SSSR count). The molecule has 1 aliphatic rings. The van der Waals surface area contributed by atoms with E-state index in [0.717, 1.165) is 33.6 Å². The van der Waals surface area contributed by atoms with E-state index in [2.05, 4.69) is 52.0 Å². The zero-order chi connectivity index (χ0) is 25.8. The van der Waals surface area contributed by atoms with Crippen molar-refractivity contribution in [1.29, 1.82) is 0 Å². The van der Waals surface area contributed by atoms with Crippen LogP contribution in [0.4, 0.5) is 0 Å². The molecule has 6 nitrogen and oxygen atoms in total. The van der Waals surface area contributed by atoms with Crippen molar-refractivity contribution in [2.75, 3.05) is 6.61 Å². The molecule has 0 aliphatic carbocycles. The maximum atomic E-state index is 11.4. The minimum absolute atomic E-state index is 0.131. The largest absolute Gasteiger partial charge is 0.389 e. The summed E-state index contributed by atoms with van der Waals surface area (Å²) in [6.07, 6.45) is -0.761. The molecule has 190 valence electrons. The van der Waals surface area contributed by atoms with Crippen LogP contribution in [0.2, 0.25) is 0 Å². The second kappa shape index (κ2) is 10.7. The number of benzene rings is 4. The Labute approximate surface area is 222 Å². The minimum atomic E-state index is -0.877. The fourth-order valence-electron chi connectivity index (χ4n) is 5.31. The number of ether oxygens (including phenoxy) is 1. The van der Waals surface area contributed by atoms with Gasteiger partial charge in [0.25, 0.3) is 0 Å². The Morgan fingerprint density at radius 1 is 0.789 bits per heavy atom. The topological polar surface area (TPSA) is 72.2 Å². The molecule has 4 aromatic carbocycles. The second-order valence-electron chi connectivity index (χ2n) is 9.58. The zero-order valence-electron chi connectivity index (χ0n) is 21.0. The fourth-order valence-corrected chi connectivity index (χ4v) is 5.31. The molecule has 0 unspecified atom stereocenters. The maximum Gasteiger partial charge on any atom is 0.143 e. The highest BCUT2D eigenvalue weighted by Gasteiger charge is 2.39. The number of hydrogen-bond donors (Lipinski definition) is 2. The summed E-state index contributed by atoms with van der Waals surface area (Å²) < 4.78 is 8.72. The van der Waals surface area contributed by atoms with Gasteiger partial charge < -0.3 is 15.2 Å². The Morgan fingerprint density at radius 3 is 1.82 bits per heavy atom. The van der Waals surface area contributed by atoms with Gasteiger partial charge in [0.2, 0.25) is 0 Å². The first-order valence-corrected chi connectivity index (χ1v) is 13.0. The van der Waals surface area contributed by atoms with Gasteiger partial charge in [0, 0.05) is 12.1 Å². The molecule has 1 aromatic heterocycles. The van der Waals surface area contributed by atoms with Crippen molar-refractivity contribution in [2.45, 2.75) is 30.8 Å². The van der Waals surface area contributed by atoms with Crippen LogP contribution in [0, 0.1) is 0 Å². The summed E-state index contributed by atoms with van der Waals surface area (Å²) in [5.41, 5.74) is 5.08. The Bertz CT molecular complexity index is 1360. The van der Waals surface area contributed by atoms with Crippen LogP contribution in [-0.4, -0.2) is 38.9 Å². The Balaban J connectivity index is 1.28. The Morgan fingerprint density at radius 2 is 1.29 bits per heavy atom. The molecule has 2 heterocycles. The summed E-state index contributed by atoms with van der Waals surface area (Å²) in [4.78, 5) is 0. The molecule has 2 atom stereocenters. The normalized spacial score (nSPS) is 16.1. The third-order valence-corrected chi connectivity index (χ3v) is 7.26. The van der Waals surface area contributed by atoms with Crippen molar-refractivity contribution in [3.8, 4) is 11.3 Å². The molecule has 0 saturated heterocycles. The summed E-state index contributed by atoms with van der Waals surface area (Å²) in [7, 11) is 0. The van der Waals surface area contributed by atoms with Gasteiger partial charge in [-0.25, -0.2) is 4.68 Å². The smallest absolute Gasteiger partial charge is 0.143 e. The van der Waals surface area contributed by atoms with Crippen molar-refractivity contribution in [1.82, 2.24) is 20.3 Å². The van der Waals surface area contributed by atoms with E-state index >= 15 is 0 Å². The molecule has 2 N–H and O–H groups in total. The van der Waals surface area contributed by atoms with Gasteiger partial charge >= 0.3 is 0 Å². The predicted octanol–water partition coefficient (Wildman–Crippen LogP) is 4.79. The van der Waals surface area contributed by atoms with Crippen LogP contribution < -0.4 is 5.32 Å². The highest BCUT2D eigenvalue weighted by atomic mass is 16.5. The predicted molar refractivity (Wildman–Crippen MR) is 147 cm³/mol. The van der Waals surface area contributed by atoms with E-state index in [-0.39, 0.29) is 12.6 Å². The third kappa shape index (κ3) is 4.54. The summed E-state index contributed by atoms with van der Waals surface area (Å²) in [5, 5.41) is 23.7. The van der Waals surface area contributed by atoms with E-state index in [9.17, 15) is 5.11 Å². The van der Waals surface area contributed by atoms with Crippen molar-refractivity contribution in [3.05, 3.63) is 144 Å². The van der Waals surface area contributed by atoms with Gasteiger partial charge in [0.05, 0.1) is 31.0 Å². The summed E-state index contributed by atoms with van der Waals surface area (Å²) >= 11 is 0. The monoisotopic (exact) mass is 502 g/mol. The van der Waals surface area contributed by atoms with Crippen molar-refractivity contribution < 1.29 is 9.84 Å². The molecule has 1 aliphatic heterocycles. The molecule has 6 heteroatoms. The van der Waals surface area contributed by atoms with E-state index in [1.807, 2.05) is 89.6 Å². The molecule has 0 radical (unpaired) electrons. The highest BCUT2D eigenvalue weighted by molar-refractivity contribution is 5.61. The number of aliphatic hydroxyl groups excluding tert-OH is 1. The molecule has 0 bridgehead atoms. The van der Waals surface area contributed by atoms with E-state index in [1.54, 1.807) is 0 Å². The number of nitrogens with one attached hydrogen (secondary N) is 1. The van der Waals surface area contributed by atoms with Crippen LogP contribution in [0.25, 0.3) is 11.3 Å². The number of aromatic nitrogens is 3. The first kappa shape index (κ1) is 24.2. The quantitative estimate of drug-likeness (QED) is 0.299. The van der Waals surface area contributed by atoms with Crippen LogP contribution in [-0.2, 0) is 23.4 Å². The Hall–Kier alpha value is -4.10. The van der Waals surface area contributed by atoms with Crippen LogP contribution in [0.1, 0.15) is 22.4 Å². The van der Waals surface area contributed by atoms with Gasteiger partial charge in [-0.1, -0.05) is 127 Å². The van der Waals surface area contributed by atoms with Gasteiger partial charge in [0.1, 0.15) is 11.3 Å². The average Bonchev–Trinajstić information content (AvgIpc) is 3.43. The average molecular weight is 503 g/mol. The minimum Gasteiger partial charge on any atom is -0.389 e. The van der Waals surface area contributed by atoms with Gasteiger partial charge in [-0.05, 0) is 16.7 Å². The number of aliphatic hydroxyl groups is 1. The van der Waals surface area contributed by atoms with Gasteiger partial charge in [-0.3, -0.25) is 0 Å². The van der Waals surface area contributed by atoms with Gasteiger partial charge in [-0.15, -0.1) is 5.10 Å². The third-order valence-electron chi connectivity index (χ3n) is 7.26. The fraction of sp³-hybridized carbons (Fsp3) is 0.188. The molecule has 38 heavy (non-hydrogen) atoms. The molecule has 0 saturated carbocycles. The van der Waals surface area contributed by atoms with Gasteiger partial charge in [0.15, 0.2) is 0 Å². The standard InChI is InChI=1S/C32H30N4O2/c37-30(28-22-36-29(21-33-28)31(34-35-36)24-13-5-1-6-14-24)23-38-32(25-15-7-2-8-16-25,26-17-9-3-10-18-26)27-19-11-4-12-20-27/h1-20,28,30,33,37H,21-23H2/t28-,30-/m1/s1. The molecule has 0 spiro atoms. The lowest BCUT2D eigenvalue weighted by Gasteiger charge is -2.38. The zero-order valence-corrected chi connectivity index (χ0v) is 21.0. The Kier molecular flexibility index (Phi) is 6.84. The van der Waals surface area contributed by atoms with Crippen molar-refractivity contribution >= 4 is 0 Å². The molecule has 0 amide bonds. The summed E-state index contributed by atoms with van der Waals surface area (Å²) in [6, 6.07) is 40.5. The molecular formula is C32H30N4O2. The van der Waals surface area contributed by atoms with Crippen LogP contribution in [0.15, 0.2) is 121 Å². The number of nitrogens with zero attached hydrogens (tertiary/aromatic N) is 3. The van der Waals surface area contributed by atoms with E-state index in [4.69, 9.17) is 4.74 Å². The number of rotatable bonds is 8. The molecule has 5 aromatic rings. The number of hydrogen-bond acceptors (Lipinski definition) is 5. The summed E-state index contributed by atoms with van der Waals surface area (Å²) in [5.74, 6) is 0.